The van der Waals surface area contributed by atoms with Gasteiger partial charge in [-0.05, 0) is 26.2 Å². The normalized spacial score (nSPS) is 11.5. The number of hydrogen-bond acceptors (Lipinski definition) is 4. The van der Waals surface area contributed by atoms with E-state index in [0.717, 1.165) is 37.0 Å². The van der Waals surface area contributed by atoms with Crippen molar-refractivity contribution >= 4 is 11.6 Å². The lowest BCUT2D eigenvalue weighted by molar-refractivity contribution is 0.563. The summed E-state index contributed by atoms with van der Waals surface area (Å²) in [5.74, 6) is 3.84. The molecular formula is C17H32N4. The Labute approximate surface area is 130 Å². The summed E-state index contributed by atoms with van der Waals surface area (Å²) in [7, 11) is 0. The monoisotopic (exact) mass is 292 g/mol. The van der Waals surface area contributed by atoms with Crippen molar-refractivity contribution in [2.75, 3.05) is 23.3 Å². The molecule has 0 aliphatic carbocycles. The summed E-state index contributed by atoms with van der Waals surface area (Å²) in [6.07, 6.45) is 1.09. The van der Waals surface area contributed by atoms with Gasteiger partial charge < -0.3 is 10.2 Å². The largest absolute Gasteiger partial charge is 0.370 e. The van der Waals surface area contributed by atoms with Crippen LogP contribution in [0, 0.1) is 5.92 Å². The van der Waals surface area contributed by atoms with Gasteiger partial charge in [0.25, 0.3) is 0 Å². The molecule has 0 radical (unpaired) electrons. The second-order valence-corrected chi connectivity index (χ2v) is 6.69. The first kappa shape index (κ1) is 17.7. The fourth-order valence-corrected chi connectivity index (χ4v) is 2.16. The van der Waals surface area contributed by atoms with E-state index in [1.54, 1.807) is 0 Å². The van der Waals surface area contributed by atoms with Crippen LogP contribution in [0.25, 0.3) is 0 Å². The van der Waals surface area contributed by atoms with Crippen molar-refractivity contribution in [3.63, 3.8) is 0 Å². The van der Waals surface area contributed by atoms with Gasteiger partial charge in [0, 0.05) is 31.1 Å². The molecule has 1 N–H and O–H groups in total. The molecule has 1 heterocycles. The number of nitrogens with zero attached hydrogens (tertiary/aromatic N) is 3. The third-order valence-electron chi connectivity index (χ3n) is 3.28. The van der Waals surface area contributed by atoms with Crippen LogP contribution in [-0.4, -0.2) is 29.1 Å². The highest BCUT2D eigenvalue weighted by Crippen LogP contribution is 2.22. The van der Waals surface area contributed by atoms with Crippen molar-refractivity contribution in [3.8, 4) is 0 Å². The fourth-order valence-electron chi connectivity index (χ4n) is 2.16. The van der Waals surface area contributed by atoms with Gasteiger partial charge in [0.05, 0.1) is 0 Å². The Balaban J connectivity index is 3.14. The molecule has 0 bridgehead atoms. The molecule has 0 aliphatic heterocycles. The average Bonchev–Trinajstić information content (AvgIpc) is 2.41. The van der Waals surface area contributed by atoms with Crippen molar-refractivity contribution in [1.29, 1.82) is 0 Å². The van der Waals surface area contributed by atoms with Gasteiger partial charge in [-0.25, -0.2) is 9.97 Å². The van der Waals surface area contributed by atoms with Gasteiger partial charge in [0.1, 0.15) is 17.5 Å². The van der Waals surface area contributed by atoms with Crippen LogP contribution in [0.5, 0.6) is 0 Å². The van der Waals surface area contributed by atoms with Crippen LogP contribution in [0.4, 0.5) is 11.6 Å². The van der Waals surface area contributed by atoms with Gasteiger partial charge in [-0.2, -0.15) is 0 Å². The molecule has 21 heavy (non-hydrogen) atoms. The lowest BCUT2D eigenvalue weighted by atomic mass is 10.1. The zero-order valence-electron chi connectivity index (χ0n) is 14.8. The summed E-state index contributed by atoms with van der Waals surface area (Å²) in [6, 6.07) is 2.52. The molecule has 1 aromatic heterocycles. The molecule has 0 unspecified atom stereocenters. The molecule has 0 aromatic carbocycles. The smallest absolute Gasteiger partial charge is 0.135 e. The van der Waals surface area contributed by atoms with Crippen molar-refractivity contribution in [3.05, 3.63) is 11.9 Å². The molecule has 0 atom stereocenters. The third-order valence-corrected chi connectivity index (χ3v) is 3.28. The van der Waals surface area contributed by atoms with E-state index in [4.69, 9.17) is 4.98 Å². The van der Waals surface area contributed by atoms with Crippen molar-refractivity contribution in [2.24, 2.45) is 5.92 Å². The summed E-state index contributed by atoms with van der Waals surface area (Å²) in [4.78, 5) is 11.8. The van der Waals surface area contributed by atoms with Crippen LogP contribution < -0.4 is 10.2 Å². The lowest BCUT2D eigenvalue weighted by Gasteiger charge is -2.30. The fraction of sp³-hybridized carbons (Fsp3) is 0.765. The van der Waals surface area contributed by atoms with E-state index >= 15 is 0 Å². The Morgan fingerprint density at radius 2 is 1.76 bits per heavy atom. The second-order valence-electron chi connectivity index (χ2n) is 6.69. The predicted octanol–water partition coefficient (Wildman–Crippen LogP) is 4.29. The number of aromatic nitrogens is 2. The summed E-state index contributed by atoms with van der Waals surface area (Å²) >= 11 is 0. The van der Waals surface area contributed by atoms with E-state index in [9.17, 15) is 0 Å². The van der Waals surface area contributed by atoms with E-state index in [0.29, 0.717) is 17.9 Å². The Bertz CT molecular complexity index is 427. The summed E-state index contributed by atoms with van der Waals surface area (Å²) < 4.78 is 0. The number of anilines is 2. The van der Waals surface area contributed by atoms with E-state index < -0.39 is 0 Å². The van der Waals surface area contributed by atoms with E-state index in [1.165, 1.54) is 0 Å². The molecule has 0 aliphatic rings. The summed E-state index contributed by atoms with van der Waals surface area (Å²) in [6.45, 7) is 17.3. The van der Waals surface area contributed by atoms with Gasteiger partial charge in [0.2, 0.25) is 0 Å². The Morgan fingerprint density at radius 1 is 1.10 bits per heavy atom. The van der Waals surface area contributed by atoms with Gasteiger partial charge in [-0.1, -0.05) is 34.6 Å². The first-order valence-electron chi connectivity index (χ1n) is 8.24. The Hall–Kier alpha value is -1.32. The zero-order chi connectivity index (χ0) is 16.0. The highest BCUT2D eigenvalue weighted by molar-refractivity contribution is 5.50. The van der Waals surface area contributed by atoms with Crippen molar-refractivity contribution < 1.29 is 0 Å². The van der Waals surface area contributed by atoms with Gasteiger partial charge in [-0.15, -0.1) is 0 Å². The maximum absolute atomic E-state index is 4.79. The topological polar surface area (TPSA) is 41.0 Å². The number of nitrogens with one attached hydrogen (secondary N) is 1. The molecule has 0 amide bonds. The summed E-state index contributed by atoms with van der Waals surface area (Å²) in [5.41, 5.74) is 0. The summed E-state index contributed by atoms with van der Waals surface area (Å²) in [5, 5.41) is 3.40. The Morgan fingerprint density at radius 3 is 2.24 bits per heavy atom. The molecule has 0 saturated carbocycles. The molecule has 4 nitrogen and oxygen atoms in total. The van der Waals surface area contributed by atoms with Crippen LogP contribution in [0.2, 0.25) is 0 Å². The highest BCUT2D eigenvalue weighted by Gasteiger charge is 2.17. The standard InChI is InChI=1S/C17H32N4/c1-8-9-18-15-10-16(20-17(19-15)13(4)5)21(14(6)7)11-12(2)3/h10,12-14H,8-9,11H2,1-7H3,(H,18,19,20). The highest BCUT2D eigenvalue weighted by atomic mass is 15.2. The maximum atomic E-state index is 4.79. The van der Waals surface area contributed by atoms with Gasteiger partial charge >= 0.3 is 0 Å². The molecule has 1 aromatic rings. The molecule has 0 saturated heterocycles. The second kappa shape index (κ2) is 8.20. The lowest BCUT2D eigenvalue weighted by Crippen LogP contribution is -2.35. The zero-order valence-corrected chi connectivity index (χ0v) is 14.8. The van der Waals surface area contributed by atoms with Crippen LogP contribution in [-0.2, 0) is 0 Å². The van der Waals surface area contributed by atoms with E-state index in [1.807, 2.05) is 0 Å². The first-order valence-corrected chi connectivity index (χ1v) is 8.24. The van der Waals surface area contributed by atoms with Crippen LogP contribution in [0.3, 0.4) is 0 Å². The van der Waals surface area contributed by atoms with E-state index in [-0.39, 0.29) is 0 Å². The molecule has 4 heteroatoms. The van der Waals surface area contributed by atoms with Crippen LogP contribution >= 0.6 is 0 Å². The molecule has 120 valence electrons. The minimum Gasteiger partial charge on any atom is -0.370 e. The molecule has 0 spiro atoms. The number of hydrogen-bond donors (Lipinski definition) is 1. The molecule has 1 rings (SSSR count). The minimum absolute atomic E-state index is 0.334. The molecular weight excluding hydrogens is 260 g/mol. The van der Waals surface area contributed by atoms with Gasteiger partial charge in [-0.3, -0.25) is 0 Å². The molecule has 0 fully saturated rings. The van der Waals surface area contributed by atoms with Crippen molar-refractivity contribution in [1.82, 2.24) is 9.97 Å². The van der Waals surface area contributed by atoms with Crippen molar-refractivity contribution in [2.45, 2.75) is 66.8 Å². The third kappa shape index (κ3) is 5.52. The average molecular weight is 292 g/mol. The first-order chi connectivity index (χ1) is 9.85. The minimum atomic E-state index is 0.334. The maximum Gasteiger partial charge on any atom is 0.135 e. The SMILES string of the molecule is CCCNc1cc(N(CC(C)C)C(C)C)nc(C(C)C)n1. The van der Waals surface area contributed by atoms with E-state index in [2.05, 4.69) is 69.7 Å². The Kier molecular flexibility index (Phi) is 6.93. The van der Waals surface area contributed by atoms with Crippen LogP contribution in [0.15, 0.2) is 6.07 Å². The van der Waals surface area contributed by atoms with Gasteiger partial charge in [0.15, 0.2) is 0 Å². The predicted molar refractivity (Wildman–Crippen MR) is 92.2 cm³/mol. The van der Waals surface area contributed by atoms with Crippen LogP contribution in [0.1, 0.15) is 66.6 Å². The number of rotatable bonds is 8. The quantitative estimate of drug-likeness (QED) is 0.776.